The predicted octanol–water partition coefficient (Wildman–Crippen LogP) is 1.18. The van der Waals surface area contributed by atoms with E-state index in [9.17, 15) is 10.1 Å². The third-order valence-electron chi connectivity index (χ3n) is 0.927. The molecular formula is C4H4N2O3S. The fourth-order valence-electron chi connectivity index (χ4n) is 0.544. The number of nitrogens with zero attached hydrogens (tertiary/aromatic N) is 2. The van der Waals surface area contributed by atoms with Gasteiger partial charge in [-0.25, -0.2) is 4.98 Å². The molecule has 10 heavy (non-hydrogen) atoms. The zero-order valence-electron chi connectivity index (χ0n) is 5.07. The van der Waals surface area contributed by atoms with Crippen LogP contribution in [0, 0.1) is 17.0 Å². The Morgan fingerprint density at radius 3 is 2.60 bits per heavy atom. The second-order valence-electron chi connectivity index (χ2n) is 1.64. The number of nitro groups is 1. The lowest BCUT2D eigenvalue weighted by Crippen LogP contribution is -1.86. The Kier molecular flexibility index (Phi) is 1.62. The van der Waals surface area contributed by atoms with E-state index in [1.807, 2.05) is 0 Å². The van der Waals surface area contributed by atoms with Crippen molar-refractivity contribution in [3.63, 3.8) is 0 Å². The summed E-state index contributed by atoms with van der Waals surface area (Å²) in [6.45, 7) is 1.49. The highest BCUT2D eigenvalue weighted by molar-refractivity contribution is 7.80. The molecule has 6 heteroatoms. The Morgan fingerprint density at radius 1 is 1.80 bits per heavy atom. The number of aromatic nitrogens is 1. The van der Waals surface area contributed by atoms with Crippen molar-refractivity contribution in [3.05, 3.63) is 15.8 Å². The number of hydrogen-bond acceptors (Lipinski definition) is 5. The summed E-state index contributed by atoms with van der Waals surface area (Å²) >= 11 is 3.69. The van der Waals surface area contributed by atoms with Crippen molar-refractivity contribution in [2.45, 2.75) is 12.1 Å². The molecule has 0 saturated carbocycles. The maximum Gasteiger partial charge on any atom is 0.456 e. The first-order valence-corrected chi connectivity index (χ1v) is 2.87. The Balaban J connectivity index is 3.15. The van der Waals surface area contributed by atoms with Gasteiger partial charge in [-0.2, -0.15) is 0 Å². The van der Waals surface area contributed by atoms with Crippen molar-refractivity contribution in [3.8, 4) is 0 Å². The first-order valence-electron chi connectivity index (χ1n) is 2.42. The fourth-order valence-corrected chi connectivity index (χ4v) is 0.780. The molecule has 0 fully saturated rings. The maximum absolute atomic E-state index is 10.1. The molecule has 0 aromatic carbocycles. The Hall–Kier alpha value is -1.04. The van der Waals surface area contributed by atoms with Crippen molar-refractivity contribution < 1.29 is 9.34 Å². The van der Waals surface area contributed by atoms with Crippen molar-refractivity contribution in [1.29, 1.82) is 0 Å². The van der Waals surface area contributed by atoms with Crippen LogP contribution in [0.25, 0.3) is 0 Å². The number of rotatable bonds is 1. The molecule has 1 aromatic heterocycles. The highest BCUT2D eigenvalue weighted by Crippen LogP contribution is 2.19. The van der Waals surface area contributed by atoms with Gasteiger partial charge < -0.3 is 4.42 Å². The van der Waals surface area contributed by atoms with Gasteiger partial charge in [-0.3, -0.25) is 10.1 Å². The number of aryl methyl sites for hydroxylation is 1. The lowest BCUT2D eigenvalue weighted by Gasteiger charge is -1.80. The van der Waals surface area contributed by atoms with E-state index in [1.54, 1.807) is 0 Å². The molecule has 0 aliphatic rings. The molecule has 1 rings (SSSR count). The van der Waals surface area contributed by atoms with Crippen LogP contribution in [0.15, 0.2) is 9.64 Å². The first kappa shape index (κ1) is 7.07. The fraction of sp³-hybridized carbons (Fsp3) is 0.250. The minimum Gasteiger partial charge on any atom is -0.375 e. The van der Waals surface area contributed by atoms with E-state index in [4.69, 9.17) is 0 Å². The summed E-state index contributed by atoms with van der Waals surface area (Å²) in [4.78, 5) is 13.0. The van der Waals surface area contributed by atoms with Crippen LogP contribution in [0.5, 0.6) is 0 Å². The largest absolute Gasteiger partial charge is 0.456 e. The molecular weight excluding hydrogens is 156 g/mol. The Labute approximate surface area is 61.6 Å². The van der Waals surface area contributed by atoms with Gasteiger partial charge in [0.05, 0.1) is 0 Å². The van der Waals surface area contributed by atoms with Gasteiger partial charge in [0.2, 0.25) is 0 Å². The summed E-state index contributed by atoms with van der Waals surface area (Å²) in [5, 5.41) is 10.1. The second kappa shape index (κ2) is 2.30. The minimum absolute atomic E-state index is 0.0178. The quantitative estimate of drug-likeness (QED) is 0.380. The number of oxazole rings is 1. The third-order valence-corrected chi connectivity index (χ3v) is 1.12. The SMILES string of the molecule is Cc1nc(S)oc1[N+](=O)[O-]. The molecule has 0 spiro atoms. The molecule has 54 valence electrons. The normalized spacial score (nSPS) is 9.80. The van der Waals surface area contributed by atoms with Crippen LogP contribution in [0.4, 0.5) is 5.88 Å². The van der Waals surface area contributed by atoms with Crippen molar-refractivity contribution >= 4 is 18.5 Å². The molecule has 0 aliphatic carbocycles. The van der Waals surface area contributed by atoms with Crippen LogP contribution < -0.4 is 0 Å². The van der Waals surface area contributed by atoms with Gasteiger partial charge in [0.1, 0.15) is 4.92 Å². The van der Waals surface area contributed by atoms with Crippen molar-refractivity contribution in [2.75, 3.05) is 0 Å². The minimum atomic E-state index is -0.637. The first-order chi connectivity index (χ1) is 4.61. The molecule has 0 unspecified atom stereocenters. The van der Waals surface area contributed by atoms with E-state index < -0.39 is 4.92 Å². The molecule has 0 atom stereocenters. The summed E-state index contributed by atoms with van der Waals surface area (Å²) in [5.41, 5.74) is 0.245. The standard InChI is InChI=1S/C4H4N2O3S/c1-2-3(6(7)8)9-4(10)5-2/h1H3,(H,5,10). The van der Waals surface area contributed by atoms with Crippen LogP contribution in [0.3, 0.4) is 0 Å². The van der Waals surface area contributed by atoms with Crippen molar-refractivity contribution in [2.24, 2.45) is 0 Å². The summed E-state index contributed by atoms with van der Waals surface area (Å²) < 4.78 is 4.53. The highest BCUT2D eigenvalue weighted by atomic mass is 32.1. The van der Waals surface area contributed by atoms with Gasteiger partial charge in [-0.05, 0) is 6.92 Å². The molecule has 0 aliphatic heterocycles. The van der Waals surface area contributed by atoms with E-state index >= 15 is 0 Å². The average molecular weight is 160 g/mol. The van der Waals surface area contributed by atoms with E-state index in [0.29, 0.717) is 0 Å². The predicted molar refractivity (Wildman–Crippen MR) is 35.1 cm³/mol. The van der Waals surface area contributed by atoms with Crippen LogP contribution in [0.2, 0.25) is 0 Å². The van der Waals surface area contributed by atoms with Crippen LogP contribution >= 0.6 is 12.6 Å². The number of thiol groups is 1. The van der Waals surface area contributed by atoms with E-state index in [2.05, 4.69) is 22.0 Å². The summed E-state index contributed by atoms with van der Waals surface area (Å²) in [6, 6.07) is 0. The third kappa shape index (κ3) is 1.10. The monoisotopic (exact) mass is 160 g/mol. The highest BCUT2D eigenvalue weighted by Gasteiger charge is 2.17. The molecule has 0 radical (unpaired) electrons. The molecule has 5 nitrogen and oxygen atoms in total. The van der Waals surface area contributed by atoms with Crippen LogP contribution in [-0.2, 0) is 0 Å². The second-order valence-corrected chi connectivity index (χ2v) is 2.03. The van der Waals surface area contributed by atoms with Gasteiger partial charge in [0, 0.05) is 0 Å². The van der Waals surface area contributed by atoms with Gasteiger partial charge in [0.15, 0.2) is 5.69 Å². The van der Waals surface area contributed by atoms with Crippen LogP contribution in [-0.4, -0.2) is 9.91 Å². The zero-order chi connectivity index (χ0) is 7.72. The number of hydrogen-bond donors (Lipinski definition) is 1. The zero-order valence-corrected chi connectivity index (χ0v) is 5.96. The molecule has 1 aromatic rings. The summed E-state index contributed by atoms with van der Waals surface area (Å²) in [7, 11) is 0. The van der Waals surface area contributed by atoms with Crippen molar-refractivity contribution in [1.82, 2.24) is 4.98 Å². The van der Waals surface area contributed by atoms with E-state index in [1.165, 1.54) is 6.92 Å². The molecule has 0 saturated heterocycles. The van der Waals surface area contributed by atoms with Gasteiger partial charge in [0.25, 0.3) is 5.22 Å². The Morgan fingerprint density at radius 2 is 2.40 bits per heavy atom. The summed E-state index contributed by atoms with van der Waals surface area (Å²) in [6.07, 6.45) is 0. The van der Waals surface area contributed by atoms with E-state index in [0.717, 1.165) is 0 Å². The van der Waals surface area contributed by atoms with Gasteiger partial charge in [-0.1, -0.05) is 12.6 Å². The topological polar surface area (TPSA) is 69.2 Å². The Bertz CT molecular complexity index is 269. The van der Waals surface area contributed by atoms with Gasteiger partial charge in [-0.15, -0.1) is 0 Å². The molecule has 0 N–H and O–H groups in total. The summed E-state index contributed by atoms with van der Waals surface area (Å²) in [5.74, 6) is -0.343. The molecule has 1 heterocycles. The smallest absolute Gasteiger partial charge is 0.375 e. The lowest BCUT2D eigenvalue weighted by molar-refractivity contribution is -0.403. The molecule has 0 bridgehead atoms. The van der Waals surface area contributed by atoms with Gasteiger partial charge >= 0.3 is 5.88 Å². The molecule has 0 amide bonds. The lowest BCUT2D eigenvalue weighted by atomic mass is 10.5. The van der Waals surface area contributed by atoms with E-state index in [-0.39, 0.29) is 16.8 Å². The van der Waals surface area contributed by atoms with Crippen LogP contribution in [0.1, 0.15) is 5.69 Å². The maximum atomic E-state index is 10.1. The average Bonchev–Trinajstić information content (AvgIpc) is 2.10.